The van der Waals surface area contributed by atoms with E-state index in [-0.39, 0.29) is 5.92 Å². The molecule has 220 valence electrons. The van der Waals surface area contributed by atoms with E-state index in [0.29, 0.717) is 5.92 Å². The number of hydrogen-bond donors (Lipinski definition) is 0. The van der Waals surface area contributed by atoms with Crippen molar-refractivity contribution in [3.8, 4) is 0 Å². The van der Waals surface area contributed by atoms with Crippen LogP contribution in [0.3, 0.4) is 0 Å². The van der Waals surface area contributed by atoms with Gasteiger partial charge in [0.15, 0.2) is 0 Å². The minimum Gasteiger partial charge on any atom is -0.0955 e. The molecule has 1 fully saturated rings. The monoisotopic (exact) mass is 564 g/mol. The molecule has 0 heterocycles. The molecule has 0 bridgehead atoms. The number of allylic oxidation sites excluding steroid dienone is 8. The van der Waals surface area contributed by atoms with Gasteiger partial charge in [-0.1, -0.05) is 148 Å². The van der Waals surface area contributed by atoms with Crippen molar-refractivity contribution in [1.82, 2.24) is 0 Å². The maximum absolute atomic E-state index is 4.75. The Morgan fingerprint density at radius 3 is 2.26 bits per heavy atom. The highest BCUT2D eigenvalue weighted by Gasteiger charge is 2.40. The largest absolute Gasteiger partial charge is 0.0955 e. The van der Waals surface area contributed by atoms with E-state index in [1.165, 1.54) is 66.8 Å². The quantitative estimate of drug-likeness (QED) is 0.217. The lowest BCUT2D eigenvalue weighted by molar-refractivity contribution is 0.619. The van der Waals surface area contributed by atoms with Crippen LogP contribution in [-0.2, 0) is 19.3 Å². The van der Waals surface area contributed by atoms with Crippen molar-refractivity contribution in [1.29, 1.82) is 0 Å². The lowest BCUT2D eigenvalue weighted by Gasteiger charge is -2.34. The minimum atomic E-state index is 0.279. The zero-order chi connectivity index (χ0) is 30.5. The number of rotatable bonds is 11. The molecule has 0 radical (unpaired) electrons. The Labute approximate surface area is 261 Å². The predicted octanol–water partition coefficient (Wildman–Crippen LogP) is 11.8. The number of hydrogen-bond acceptors (Lipinski definition) is 0. The van der Waals surface area contributed by atoms with Crippen molar-refractivity contribution >= 4 is 11.6 Å². The molecule has 0 nitrogen and oxygen atoms in total. The fourth-order valence-electron chi connectivity index (χ4n) is 7.21. The van der Waals surface area contributed by atoms with Crippen molar-refractivity contribution in [2.24, 2.45) is 5.92 Å². The molecule has 3 aromatic carbocycles. The lowest BCUT2D eigenvalue weighted by Crippen LogP contribution is -2.21. The summed E-state index contributed by atoms with van der Waals surface area (Å²) < 4.78 is 0. The predicted molar refractivity (Wildman–Crippen MR) is 188 cm³/mol. The van der Waals surface area contributed by atoms with E-state index in [1.807, 2.05) is 0 Å². The molecule has 0 saturated heterocycles. The van der Waals surface area contributed by atoms with E-state index in [9.17, 15) is 0 Å². The summed E-state index contributed by atoms with van der Waals surface area (Å²) in [6, 6.07) is 27.1. The fourth-order valence-corrected chi connectivity index (χ4v) is 7.21. The molecule has 1 saturated carbocycles. The van der Waals surface area contributed by atoms with Gasteiger partial charge < -0.3 is 0 Å². The molecule has 43 heavy (non-hydrogen) atoms. The van der Waals surface area contributed by atoms with E-state index < -0.39 is 0 Å². The third-order valence-corrected chi connectivity index (χ3v) is 9.36. The summed E-state index contributed by atoms with van der Waals surface area (Å²) in [5, 5.41) is 0. The standard InChI is InChI=1S/C43H48/c1-8-13-30(5)41-31(6)25-40-28-39(32(7)42(40)43(41)37-15-11-10-12-16-37)27-34-20-24-36(38(26-34)14-9-2)23-19-33-17-21-35(22-18-33)29(3)4/h10-12,15-18,20-22,24-27,42-43H,3,5,7-9,13-14,19,23,28H2,1-2,4,6H3. The molecule has 2 unspecified atom stereocenters. The van der Waals surface area contributed by atoms with Crippen molar-refractivity contribution in [3.63, 3.8) is 0 Å². The Balaban J connectivity index is 1.41. The van der Waals surface area contributed by atoms with Crippen LogP contribution in [0.4, 0.5) is 0 Å². The second-order valence-electron chi connectivity index (χ2n) is 12.7. The third-order valence-electron chi connectivity index (χ3n) is 9.36. The van der Waals surface area contributed by atoms with E-state index in [2.05, 4.69) is 126 Å². The molecule has 2 aliphatic rings. The van der Waals surface area contributed by atoms with Crippen LogP contribution in [0.5, 0.6) is 0 Å². The van der Waals surface area contributed by atoms with Crippen molar-refractivity contribution in [2.45, 2.75) is 78.6 Å². The topological polar surface area (TPSA) is 0 Å². The lowest BCUT2D eigenvalue weighted by atomic mass is 9.69. The van der Waals surface area contributed by atoms with E-state index in [4.69, 9.17) is 6.58 Å². The third kappa shape index (κ3) is 6.70. The summed E-state index contributed by atoms with van der Waals surface area (Å²) >= 11 is 0. The van der Waals surface area contributed by atoms with Gasteiger partial charge in [-0.2, -0.15) is 0 Å². The van der Waals surface area contributed by atoms with E-state index in [1.54, 1.807) is 0 Å². The molecule has 5 rings (SSSR count). The van der Waals surface area contributed by atoms with Gasteiger partial charge in [0.2, 0.25) is 0 Å². The second-order valence-corrected chi connectivity index (χ2v) is 12.7. The van der Waals surface area contributed by atoms with Gasteiger partial charge in [0.05, 0.1) is 0 Å². The van der Waals surface area contributed by atoms with Crippen molar-refractivity contribution in [3.05, 3.63) is 165 Å². The zero-order valence-corrected chi connectivity index (χ0v) is 26.8. The van der Waals surface area contributed by atoms with Gasteiger partial charge in [-0.15, -0.1) is 0 Å². The first-order valence-corrected chi connectivity index (χ1v) is 16.2. The van der Waals surface area contributed by atoms with Crippen LogP contribution in [-0.4, -0.2) is 0 Å². The summed E-state index contributed by atoms with van der Waals surface area (Å²) in [7, 11) is 0. The van der Waals surface area contributed by atoms with Crippen LogP contribution in [0.25, 0.3) is 11.6 Å². The van der Waals surface area contributed by atoms with Crippen molar-refractivity contribution in [2.75, 3.05) is 0 Å². The van der Waals surface area contributed by atoms with Crippen LogP contribution in [0.2, 0.25) is 0 Å². The molecule has 3 aromatic rings. The molecule has 0 N–H and O–H groups in total. The number of aryl methyl sites for hydroxylation is 3. The molecule has 0 amide bonds. The molecule has 0 aromatic heterocycles. The van der Waals surface area contributed by atoms with Crippen LogP contribution in [0, 0.1) is 5.92 Å². The Bertz CT molecular complexity index is 1600. The molecule has 0 aliphatic heterocycles. The first-order valence-electron chi connectivity index (χ1n) is 16.2. The molecular formula is C43H48. The van der Waals surface area contributed by atoms with Crippen LogP contribution >= 0.6 is 0 Å². The number of fused-ring (bicyclic) bond motifs is 1. The summed E-state index contributed by atoms with van der Waals surface area (Å²) in [6.07, 6.45) is 12.4. The fraction of sp³-hybridized carbons (Fsp3) is 0.302. The van der Waals surface area contributed by atoms with Gasteiger partial charge in [-0.05, 0) is 102 Å². The van der Waals surface area contributed by atoms with Gasteiger partial charge in [0.1, 0.15) is 0 Å². The van der Waals surface area contributed by atoms with Gasteiger partial charge in [0.25, 0.3) is 0 Å². The first-order chi connectivity index (χ1) is 20.8. The average Bonchev–Trinajstić information content (AvgIpc) is 3.30. The molecule has 2 aliphatic carbocycles. The van der Waals surface area contributed by atoms with Gasteiger partial charge in [0, 0.05) is 11.8 Å². The summed E-state index contributed by atoms with van der Waals surface area (Å²) in [5.74, 6) is 0.577. The second kappa shape index (κ2) is 13.6. The van der Waals surface area contributed by atoms with Gasteiger partial charge in [-0.25, -0.2) is 0 Å². The average molecular weight is 565 g/mol. The summed E-state index contributed by atoms with van der Waals surface area (Å²) in [5.41, 5.74) is 17.6. The molecule has 0 spiro atoms. The Morgan fingerprint density at radius 2 is 1.58 bits per heavy atom. The molecule has 0 heteroatoms. The van der Waals surface area contributed by atoms with E-state index >= 15 is 0 Å². The highest BCUT2D eigenvalue weighted by atomic mass is 14.4. The zero-order valence-electron chi connectivity index (χ0n) is 26.8. The molecular weight excluding hydrogens is 516 g/mol. The first kappa shape index (κ1) is 30.6. The van der Waals surface area contributed by atoms with Crippen LogP contribution < -0.4 is 0 Å². The SMILES string of the molecule is C=C(CCC)C1=C(C)C=C2CC(=Cc3ccc(CCc4ccc(C(=C)C)cc4)c(CCC)c3)C(=C)C2C1c1ccccc1. The van der Waals surface area contributed by atoms with Gasteiger partial charge >= 0.3 is 0 Å². The Hall–Kier alpha value is -3.90. The van der Waals surface area contributed by atoms with Crippen molar-refractivity contribution < 1.29 is 0 Å². The maximum atomic E-state index is 4.75. The highest BCUT2D eigenvalue weighted by molar-refractivity contribution is 5.68. The Morgan fingerprint density at radius 1 is 0.837 bits per heavy atom. The van der Waals surface area contributed by atoms with Crippen LogP contribution in [0.1, 0.15) is 92.7 Å². The van der Waals surface area contributed by atoms with E-state index in [0.717, 1.165) is 50.5 Å². The van der Waals surface area contributed by atoms with Crippen LogP contribution in [0.15, 0.2) is 132 Å². The van der Waals surface area contributed by atoms with Gasteiger partial charge in [-0.3, -0.25) is 0 Å². The normalized spacial score (nSPS) is 19.0. The highest BCUT2D eigenvalue weighted by Crippen LogP contribution is 2.55. The Kier molecular flexibility index (Phi) is 9.66. The number of benzene rings is 3. The molecule has 2 atom stereocenters. The smallest absolute Gasteiger partial charge is 0.0201 e. The minimum absolute atomic E-state index is 0.279. The summed E-state index contributed by atoms with van der Waals surface area (Å²) in [4.78, 5) is 0. The summed E-state index contributed by atoms with van der Waals surface area (Å²) in [6.45, 7) is 22.3. The maximum Gasteiger partial charge on any atom is 0.0201 e.